The van der Waals surface area contributed by atoms with E-state index in [0.29, 0.717) is 12.1 Å². The standard InChI is InChI=1S/C13H27NO/c1-4-13(2,3)12(14)9-5-7-11-8-6-10-15-11/h11-12H,4-10,14H2,1-3H3. The summed E-state index contributed by atoms with van der Waals surface area (Å²) in [6.07, 6.45) is 7.75. The minimum atomic E-state index is 0.288. The second-order valence-corrected chi connectivity index (χ2v) is 5.51. The molecule has 0 saturated carbocycles. The van der Waals surface area contributed by atoms with Crippen LogP contribution in [0.4, 0.5) is 0 Å². The highest BCUT2D eigenvalue weighted by Gasteiger charge is 2.24. The molecule has 1 aliphatic heterocycles. The van der Waals surface area contributed by atoms with E-state index in [9.17, 15) is 0 Å². The Kier molecular flexibility index (Phi) is 5.07. The van der Waals surface area contributed by atoms with Gasteiger partial charge in [0.15, 0.2) is 0 Å². The summed E-state index contributed by atoms with van der Waals surface area (Å²) in [6, 6.07) is 0.337. The Morgan fingerprint density at radius 1 is 1.47 bits per heavy atom. The molecule has 2 unspecified atom stereocenters. The molecular formula is C13H27NO. The van der Waals surface area contributed by atoms with Crippen molar-refractivity contribution in [3.63, 3.8) is 0 Å². The number of hydrogen-bond donors (Lipinski definition) is 1. The van der Waals surface area contributed by atoms with Crippen LogP contribution < -0.4 is 5.73 Å². The van der Waals surface area contributed by atoms with Crippen molar-refractivity contribution in [1.82, 2.24) is 0 Å². The molecule has 0 radical (unpaired) electrons. The molecule has 90 valence electrons. The average molecular weight is 213 g/mol. The van der Waals surface area contributed by atoms with Crippen molar-refractivity contribution >= 4 is 0 Å². The fourth-order valence-electron chi connectivity index (χ4n) is 2.09. The van der Waals surface area contributed by atoms with Gasteiger partial charge in [0.05, 0.1) is 6.10 Å². The summed E-state index contributed by atoms with van der Waals surface area (Å²) >= 11 is 0. The highest BCUT2D eigenvalue weighted by Crippen LogP contribution is 2.27. The Bertz CT molecular complexity index is 173. The number of hydrogen-bond acceptors (Lipinski definition) is 2. The molecule has 0 aliphatic carbocycles. The molecule has 0 aromatic rings. The molecule has 0 aromatic carbocycles. The summed E-state index contributed by atoms with van der Waals surface area (Å²) in [4.78, 5) is 0. The van der Waals surface area contributed by atoms with E-state index in [0.717, 1.165) is 19.4 Å². The average Bonchev–Trinajstić information content (AvgIpc) is 2.70. The summed E-state index contributed by atoms with van der Waals surface area (Å²) in [6.45, 7) is 7.73. The van der Waals surface area contributed by atoms with Crippen LogP contribution in [0.15, 0.2) is 0 Å². The van der Waals surface area contributed by atoms with E-state index in [-0.39, 0.29) is 5.41 Å². The lowest BCUT2D eigenvalue weighted by Gasteiger charge is -2.30. The normalized spacial score (nSPS) is 24.4. The zero-order valence-corrected chi connectivity index (χ0v) is 10.6. The third-order valence-electron chi connectivity index (χ3n) is 3.98. The van der Waals surface area contributed by atoms with Crippen molar-refractivity contribution in [1.29, 1.82) is 0 Å². The first-order valence-electron chi connectivity index (χ1n) is 6.43. The SMILES string of the molecule is CCC(C)(C)C(N)CCCC1CCCO1. The van der Waals surface area contributed by atoms with Crippen molar-refractivity contribution in [3.8, 4) is 0 Å². The predicted octanol–water partition coefficient (Wildman–Crippen LogP) is 3.10. The number of nitrogens with two attached hydrogens (primary N) is 1. The maximum absolute atomic E-state index is 6.21. The molecule has 1 rings (SSSR count). The quantitative estimate of drug-likeness (QED) is 0.736. The van der Waals surface area contributed by atoms with Crippen molar-refractivity contribution in [2.24, 2.45) is 11.1 Å². The molecule has 2 nitrogen and oxygen atoms in total. The van der Waals surface area contributed by atoms with Crippen LogP contribution in [0, 0.1) is 5.41 Å². The van der Waals surface area contributed by atoms with Gasteiger partial charge in [0.1, 0.15) is 0 Å². The summed E-state index contributed by atoms with van der Waals surface area (Å²) in [5.74, 6) is 0. The van der Waals surface area contributed by atoms with E-state index >= 15 is 0 Å². The fraction of sp³-hybridized carbons (Fsp3) is 1.00. The molecule has 1 aliphatic rings. The van der Waals surface area contributed by atoms with E-state index < -0.39 is 0 Å². The lowest BCUT2D eigenvalue weighted by atomic mass is 9.80. The van der Waals surface area contributed by atoms with Crippen LogP contribution in [0.3, 0.4) is 0 Å². The Labute approximate surface area is 94.6 Å². The second-order valence-electron chi connectivity index (χ2n) is 5.51. The lowest BCUT2D eigenvalue weighted by Crippen LogP contribution is -2.36. The minimum Gasteiger partial charge on any atom is -0.378 e. The topological polar surface area (TPSA) is 35.2 Å². The second kappa shape index (κ2) is 5.86. The Balaban J connectivity index is 2.13. The van der Waals surface area contributed by atoms with E-state index in [4.69, 9.17) is 10.5 Å². The van der Waals surface area contributed by atoms with Gasteiger partial charge >= 0.3 is 0 Å². The van der Waals surface area contributed by atoms with Crippen molar-refractivity contribution in [3.05, 3.63) is 0 Å². The van der Waals surface area contributed by atoms with Gasteiger partial charge in [-0.3, -0.25) is 0 Å². The maximum Gasteiger partial charge on any atom is 0.0576 e. The summed E-state index contributed by atoms with van der Waals surface area (Å²) < 4.78 is 5.61. The van der Waals surface area contributed by atoms with E-state index in [1.807, 2.05) is 0 Å². The molecule has 2 heteroatoms. The third kappa shape index (κ3) is 4.12. The van der Waals surface area contributed by atoms with Gasteiger partial charge in [-0.15, -0.1) is 0 Å². The van der Waals surface area contributed by atoms with Crippen LogP contribution in [0.5, 0.6) is 0 Å². The van der Waals surface area contributed by atoms with Crippen molar-refractivity contribution in [2.75, 3.05) is 6.61 Å². The lowest BCUT2D eigenvalue weighted by molar-refractivity contribution is 0.0998. The number of rotatable bonds is 6. The van der Waals surface area contributed by atoms with Gasteiger partial charge in [0, 0.05) is 12.6 Å². The van der Waals surface area contributed by atoms with Crippen LogP contribution in [0.25, 0.3) is 0 Å². The van der Waals surface area contributed by atoms with Crippen molar-refractivity contribution in [2.45, 2.75) is 71.4 Å². The minimum absolute atomic E-state index is 0.288. The molecule has 0 amide bonds. The molecule has 0 spiro atoms. The number of ether oxygens (including phenoxy) is 1. The summed E-state index contributed by atoms with van der Waals surface area (Å²) in [5, 5.41) is 0. The fourth-order valence-corrected chi connectivity index (χ4v) is 2.09. The van der Waals surface area contributed by atoms with Gasteiger partial charge in [0.2, 0.25) is 0 Å². The van der Waals surface area contributed by atoms with Crippen LogP contribution >= 0.6 is 0 Å². The third-order valence-corrected chi connectivity index (χ3v) is 3.98. The molecular weight excluding hydrogens is 186 g/mol. The Morgan fingerprint density at radius 2 is 2.20 bits per heavy atom. The van der Waals surface area contributed by atoms with Gasteiger partial charge in [-0.05, 0) is 43.9 Å². The maximum atomic E-state index is 6.21. The van der Waals surface area contributed by atoms with Gasteiger partial charge in [-0.25, -0.2) is 0 Å². The molecule has 0 bridgehead atoms. The zero-order chi connectivity index (χ0) is 11.3. The van der Waals surface area contributed by atoms with E-state index in [2.05, 4.69) is 20.8 Å². The highest BCUT2D eigenvalue weighted by atomic mass is 16.5. The summed E-state index contributed by atoms with van der Waals surface area (Å²) in [5.41, 5.74) is 6.49. The highest BCUT2D eigenvalue weighted by molar-refractivity contribution is 4.80. The first kappa shape index (κ1) is 13.0. The Morgan fingerprint density at radius 3 is 2.73 bits per heavy atom. The van der Waals surface area contributed by atoms with Crippen LogP contribution in [-0.4, -0.2) is 18.8 Å². The molecule has 0 aromatic heterocycles. The zero-order valence-electron chi connectivity index (χ0n) is 10.6. The van der Waals surface area contributed by atoms with Crippen LogP contribution in [-0.2, 0) is 4.74 Å². The van der Waals surface area contributed by atoms with Gasteiger partial charge < -0.3 is 10.5 Å². The molecule has 1 saturated heterocycles. The first-order valence-corrected chi connectivity index (χ1v) is 6.43. The predicted molar refractivity (Wildman–Crippen MR) is 64.9 cm³/mol. The van der Waals surface area contributed by atoms with E-state index in [1.54, 1.807) is 0 Å². The van der Waals surface area contributed by atoms with E-state index in [1.165, 1.54) is 25.7 Å². The first-order chi connectivity index (χ1) is 7.06. The van der Waals surface area contributed by atoms with Gasteiger partial charge in [0.25, 0.3) is 0 Å². The summed E-state index contributed by atoms with van der Waals surface area (Å²) in [7, 11) is 0. The molecule has 2 N–H and O–H groups in total. The molecule has 2 atom stereocenters. The van der Waals surface area contributed by atoms with Gasteiger partial charge in [-0.2, -0.15) is 0 Å². The smallest absolute Gasteiger partial charge is 0.0576 e. The largest absolute Gasteiger partial charge is 0.378 e. The Hall–Kier alpha value is -0.0800. The molecule has 1 fully saturated rings. The van der Waals surface area contributed by atoms with Crippen LogP contribution in [0.2, 0.25) is 0 Å². The van der Waals surface area contributed by atoms with Crippen molar-refractivity contribution < 1.29 is 4.74 Å². The monoisotopic (exact) mass is 213 g/mol. The van der Waals surface area contributed by atoms with Crippen LogP contribution in [0.1, 0.15) is 59.3 Å². The molecule has 15 heavy (non-hydrogen) atoms. The molecule has 1 heterocycles. The van der Waals surface area contributed by atoms with Gasteiger partial charge in [-0.1, -0.05) is 20.8 Å².